The molecule has 2 aromatic rings. The van der Waals surface area contributed by atoms with E-state index in [1.54, 1.807) is 0 Å². The van der Waals surface area contributed by atoms with Crippen LogP contribution in [0.3, 0.4) is 0 Å². The summed E-state index contributed by atoms with van der Waals surface area (Å²) in [4.78, 5) is 31.5. The zero-order valence-corrected chi connectivity index (χ0v) is 23.1. The Morgan fingerprint density at radius 1 is 1.07 bits per heavy atom. The maximum Gasteiger partial charge on any atom is 0.406 e. The Hall–Kier alpha value is -2.31. The summed E-state index contributed by atoms with van der Waals surface area (Å²) in [6.07, 6.45) is -7.03. The van der Waals surface area contributed by atoms with E-state index in [1.807, 2.05) is 0 Å². The topological polar surface area (TPSA) is 61.8 Å². The molecule has 1 N–H and O–H groups in total. The number of amides is 2. The first-order valence-corrected chi connectivity index (χ1v) is 14.1. The number of hydrogen-bond donors (Lipinski definition) is 1. The molecule has 2 amide bonds. The van der Waals surface area contributed by atoms with Gasteiger partial charge in [-0.2, -0.15) is 26.3 Å². The molecule has 14 heteroatoms. The number of aliphatic imine (C=N–C) groups is 1. The van der Waals surface area contributed by atoms with Gasteiger partial charge in [0, 0.05) is 23.0 Å². The third-order valence-electron chi connectivity index (χ3n) is 7.63. The van der Waals surface area contributed by atoms with Gasteiger partial charge in [-0.15, -0.1) is 11.3 Å². The van der Waals surface area contributed by atoms with Crippen molar-refractivity contribution in [3.05, 3.63) is 54.7 Å². The van der Waals surface area contributed by atoms with E-state index in [2.05, 4.69) is 10.3 Å². The number of hydrogen-bond acceptors (Lipinski definition) is 4. The van der Waals surface area contributed by atoms with Crippen LogP contribution in [-0.4, -0.2) is 60.5 Å². The molecule has 2 unspecified atom stereocenters. The maximum atomic E-state index is 14.6. The Bertz CT molecular complexity index is 1370. The second-order valence-corrected chi connectivity index (χ2v) is 12.2. The summed E-state index contributed by atoms with van der Waals surface area (Å²) in [5.74, 6) is -1.43. The van der Waals surface area contributed by atoms with Crippen LogP contribution >= 0.6 is 34.5 Å². The number of fused-ring (bicyclic) bond motifs is 1. The van der Waals surface area contributed by atoms with Gasteiger partial charge < -0.3 is 10.2 Å². The fourth-order valence-electron chi connectivity index (χ4n) is 5.68. The number of benzene rings is 1. The number of rotatable bonds is 5. The molecule has 1 aromatic carbocycles. The molecule has 5 nitrogen and oxygen atoms in total. The summed E-state index contributed by atoms with van der Waals surface area (Å²) in [7, 11) is 0. The lowest BCUT2D eigenvalue weighted by Gasteiger charge is -2.31. The van der Waals surface area contributed by atoms with Crippen molar-refractivity contribution in [2.24, 2.45) is 4.99 Å². The van der Waals surface area contributed by atoms with Gasteiger partial charge in [0.1, 0.15) is 18.0 Å². The molecule has 1 saturated heterocycles. The standard InChI is InChI=1S/C26H23Cl2F6N3O2S/c27-14-7-13(8-15(28)9-14)24(26(32,33)34)10-19(35-11-24)20-16-3-1-2-4-17(16)21(40-20)22(38)36-18-5-6-37(23(18)39)12-25(29,30)31/h7-9,18H,1-6,10-12H2,(H,36,38). The van der Waals surface area contributed by atoms with Crippen LogP contribution in [-0.2, 0) is 23.1 Å². The number of carbonyl (C=O) groups is 2. The van der Waals surface area contributed by atoms with Crippen LogP contribution in [0.2, 0.25) is 10.0 Å². The fourth-order valence-corrected chi connectivity index (χ4v) is 7.51. The Morgan fingerprint density at radius 2 is 1.73 bits per heavy atom. The van der Waals surface area contributed by atoms with Gasteiger partial charge >= 0.3 is 12.4 Å². The molecule has 1 aliphatic carbocycles. The molecular formula is C26H23Cl2F6N3O2S. The third-order valence-corrected chi connectivity index (χ3v) is 9.39. The molecule has 5 rings (SSSR count). The van der Waals surface area contributed by atoms with Gasteiger partial charge in [0.2, 0.25) is 5.91 Å². The molecule has 2 atom stereocenters. The Kier molecular flexibility index (Phi) is 7.67. The van der Waals surface area contributed by atoms with Gasteiger partial charge in [-0.05, 0) is 67.0 Å². The first-order chi connectivity index (χ1) is 18.7. The van der Waals surface area contributed by atoms with Crippen LogP contribution in [0.4, 0.5) is 26.3 Å². The van der Waals surface area contributed by atoms with Crippen LogP contribution in [0.5, 0.6) is 0 Å². The number of nitrogens with zero attached hydrogens (tertiary/aromatic N) is 2. The van der Waals surface area contributed by atoms with Crippen molar-refractivity contribution in [2.75, 3.05) is 19.6 Å². The van der Waals surface area contributed by atoms with Gasteiger partial charge in [-0.1, -0.05) is 23.2 Å². The third kappa shape index (κ3) is 5.46. The van der Waals surface area contributed by atoms with Crippen molar-refractivity contribution in [1.29, 1.82) is 0 Å². The van der Waals surface area contributed by atoms with E-state index < -0.39 is 55.1 Å². The minimum atomic E-state index is -4.67. The molecule has 0 bridgehead atoms. The largest absolute Gasteiger partial charge is 0.406 e. The highest BCUT2D eigenvalue weighted by Crippen LogP contribution is 2.50. The zero-order chi connectivity index (χ0) is 29.0. The van der Waals surface area contributed by atoms with Crippen molar-refractivity contribution in [3.8, 4) is 0 Å². The smallest absolute Gasteiger partial charge is 0.339 e. The zero-order valence-electron chi connectivity index (χ0n) is 20.8. The Labute approximate surface area is 239 Å². The number of carbonyl (C=O) groups excluding carboxylic acids is 2. The van der Waals surface area contributed by atoms with E-state index in [0.29, 0.717) is 28.2 Å². The summed E-state index contributed by atoms with van der Waals surface area (Å²) in [5.41, 5.74) is -0.756. The Balaban J connectivity index is 1.43. The monoisotopic (exact) mass is 625 g/mol. The molecular weight excluding hydrogens is 603 g/mol. The van der Waals surface area contributed by atoms with Gasteiger partial charge in [-0.3, -0.25) is 14.6 Å². The molecule has 3 heterocycles. The molecule has 216 valence electrons. The predicted molar refractivity (Wildman–Crippen MR) is 140 cm³/mol. The van der Waals surface area contributed by atoms with Crippen LogP contribution < -0.4 is 5.32 Å². The molecule has 0 radical (unpaired) electrons. The first-order valence-electron chi connectivity index (χ1n) is 12.6. The summed E-state index contributed by atoms with van der Waals surface area (Å²) < 4.78 is 82.1. The second kappa shape index (κ2) is 10.5. The molecule has 1 fully saturated rings. The van der Waals surface area contributed by atoms with Crippen LogP contribution in [0.25, 0.3) is 0 Å². The van der Waals surface area contributed by atoms with E-state index in [4.69, 9.17) is 23.2 Å². The first kappa shape index (κ1) is 29.2. The molecule has 40 heavy (non-hydrogen) atoms. The summed E-state index contributed by atoms with van der Waals surface area (Å²) in [6, 6.07) is 2.73. The number of nitrogens with one attached hydrogen (secondary N) is 1. The summed E-state index contributed by atoms with van der Waals surface area (Å²) in [6.45, 7) is -2.10. The van der Waals surface area contributed by atoms with Gasteiger partial charge in [0.05, 0.1) is 22.0 Å². The highest BCUT2D eigenvalue weighted by molar-refractivity contribution is 7.16. The minimum absolute atomic E-state index is 0.0318. The van der Waals surface area contributed by atoms with Gasteiger partial charge in [-0.25, -0.2) is 0 Å². The minimum Gasteiger partial charge on any atom is -0.339 e. The normalized spacial score (nSPS) is 23.4. The van der Waals surface area contributed by atoms with Crippen molar-refractivity contribution >= 4 is 52.1 Å². The van der Waals surface area contributed by atoms with Crippen molar-refractivity contribution in [3.63, 3.8) is 0 Å². The maximum absolute atomic E-state index is 14.6. The van der Waals surface area contributed by atoms with E-state index >= 15 is 0 Å². The molecule has 2 aliphatic heterocycles. The second-order valence-electron chi connectivity index (χ2n) is 10.3. The average molecular weight is 626 g/mol. The summed E-state index contributed by atoms with van der Waals surface area (Å²) in [5, 5.41) is 2.70. The lowest BCUT2D eigenvalue weighted by Crippen LogP contribution is -2.43. The quantitative estimate of drug-likeness (QED) is 0.385. The lowest BCUT2D eigenvalue weighted by molar-refractivity contribution is -0.183. The number of likely N-dealkylation sites (tertiary alicyclic amines) is 1. The average Bonchev–Trinajstić information content (AvgIpc) is 3.55. The molecule has 0 spiro atoms. The molecule has 0 saturated carbocycles. The number of alkyl halides is 6. The van der Waals surface area contributed by atoms with E-state index in [9.17, 15) is 35.9 Å². The highest BCUT2D eigenvalue weighted by atomic mass is 35.5. The fraction of sp³-hybridized carbons (Fsp3) is 0.500. The van der Waals surface area contributed by atoms with Crippen LogP contribution in [0.15, 0.2) is 23.2 Å². The highest BCUT2D eigenvalue weighted by Gasteiger charge is 2.59. The number of halogens is 8. The van der Waals surface area contributed by atoms with Crippen LogP contribution in [0.1, 0.15) is 56.9 Å². The van der Waals surface area contributed by atoms with Crippen molar-refractivity contribution in [2.45, 2.75) is 62.3 Å². The van der Waals surface area contributed by atoms with Gasteiger partial charge in [0.15, 0.2) is 0 Å². The van der Waals surface area contributed by atoms with E-state index in [0.717, 1.165) is 29.7 Å². The SMILES string of the molecule is O=C(NC1CCN(CC(F)(F)F)C1=O)c1sc(C2=NCC(c3cc(Cl)cc(Cl)c3)(C(F)(F)F)C2)c2c1CCCC2. The summed E-state index contributed by atoms with van der Waals surface area (Å²) >= 11 is 13.1. The predicted octanol–water partition coefficient (Wildman–Crippen LogP) is 6.52. The van der Waals surface area contributed by atoms with Gasteiger partial charge in [0.25, 0.3) is 5.91 Å². The molecule has 1 aromatic heterocycles. The van der Waals surface area contributed by atoms with Crippen LogP contribution in [0, 0.1) is 0 Å². The van der Waals surface area contributed by atoms with Crippen molar-refractivity contribution in [1.82, 2.24) is 10.2 Å². The lowest BCUT2D eigenvalue weighted by atomic mass is 9.77. The Morgan fingerprint density at radius 3 is 2.35 bits per heavy atom. The van der Waals surface area contributed by atoms with Crippen molar-refractivity contribution < 1.29 is 35.9 Å². The number of thiophene rings is 1. The van der Waals surface area contributed by atoms with E-state index in [1.165, 1.54) is 18.2 Å². The molecule has 3 aliphatic rings. The van der Waals surface area contributed by atoms with E-state index in [-0.39, 0.29) is 39.2 Å².